The molecule has 0 aliphatic carbocycles. The summed E-state index contributed by atoms with van der Waals surface area (Å²) in [6, 6.07) is 8.53. The average Bonchev–Trinajstić information content (AvgIpc) is 2.15. The summed E-state index contributed by atoms with van der Waals surface area (Å²) in [4.78, 5) is 0. The molecule has 0 aliphatic rings. The zero-order valence-corrected chi connectivity index (χ0v) is 9.91. The highest BCUT2D eigenvalue weighted by molar-refractivity contribution is 14.1. The van der Waals surface area contributed by atoms with Crippen LogP contribution in [0.1, 0.15) is 18.9 Å². The Morgan fingerprint density at radius 3 is 2.54 bits per heavy atom. The van der Waals surface area contributed by atoms with Gasteiger partial charge in [-0.1, -0.05) is 18.2 Å². The summed E-state index contributed by atoms with van der Waals surface area (Å²) in [5.74, 6) is 0. The molecule has 2 heteroatoms. The highest BCUT2D eigenvalue weighted by atomic mass is 127. The van der Waals surface area contributed by atoms with Crippen LogP contribution in [0.3, 0.4) is 0 Å². The summed E-state index contributed by atoms with van der Waals surface area (Å²) in [6.07, 6.45) is 3.14. The third-order valence-electron chi connectivity index (χ3n) is 1.92. The van der Waals surface area contributed by atoms with Crippen molar-refractivity contribution in [1.82, 2.24) is 0 Å². The van der Waals surface area contributed by atoms with Gasteiger partial charge < -0.3 is 5.73 Å². The van der Waals surface area contributed by atoms with Crippen LogP contribution in [0.5, 0.6) is 0 Å². The van der Waals surface area contributed by atoms with Gasteiger partial charge in [-0.2, -0.15) is 0 Å². The maximum absolute atomic E-state index is 5.43. The van der Waals surface area contributed by atoms with Crippen LogP contribution in [-0.4, -0.2) is 6.54 Å². The third kappa shape index (κ3) is 3.48. The Kier molecular flexibility index (Phi) is 4.45. The van der Waals surface area contributed by atoms with E-state index in [2.05, 4.69) is 59.9 Å². The van der Waals surface area contributed by atoms with E-state index in [1.165, 1.54) is 14.7 Å². The number of benzene rings is 1. The molecule has 0 aliphatic heterocycles. The summed E-state index contributed by atoms with van der Waals surface area (Å²) in [6.45, 7) is 2.85. The van der Waals surface area contributed by atoms with Crippen LogP contribution in [0.4, 0.5) is 0 Å². The van der Waals surface area contributed by atoms with E-state index in [0.717, 1.165) is 13.0 Å². The Labute approximate surface area is 93.2 Å². The second kappa shape index (κ2) is 5.40. The molecular weight excluding hydrogens is 273 g/mol. The maximum Gasteiger partial charge on any atom is 0.0130 e. The predicted molar refractivity (Wildman–Crippen MR) is 66.5 cm³/mol. The smallest absolute Gasteiger partial charge is 0.0130 e. The number of halogens is 1. The summed E-state index contributed by atoms with van der Waals surface area (Å²) >= 11 is 2.31. The van der Waals surface area contributed by atoms with Crippen molar-refractivity contribution in [3.63, 3.8) is 0 Å². The molecule has 0 unspecified atom stereocenters. The third-order valence-corrected chi connectivity index (χ3v) is 2.64. The summed E-state index contributed by atoms with van der Waals surface area (Å²) < 4.78 is 1.27. The molecular formula is C11H14IN. The molecule has 1 aromatic rings. The van der Waals surface area contributed by atoms with Gasteiger partial charge in [0.2, 0.25) is 0 Å². The minimum absolute atomic E-state index is 0.724. The van der Waals surface area contributed by atoms with E-state index in [1.807, 2.05) is 0 Å². The predicted octanol–water partition coefficient (Wildman–Crippen LogP) is 3.04. The van der Waals surface area contributed by atoms with Gasteiger partial charge in [-0.25, -0.2) is 0 Å². The maximum atomic E-state index is 5.43. The minimum Gasteiger partial charge on any atom is -0.330 e. The summed E-state index contributed by atoms with van der Waals surface area (Å²) in [5.41, 5.74) is 8.03. The van der Waals surface area contributed by atoms with E-state index in [9.17, 15) is 0 Å². The van der Waals surface area contributed by atoms with Crippen LogP contribution in [-0.2, 0) is 0 Å². The van der Waals surface area contributed by atoms with Gasteiger partial charge in [-0.15, -0.1) is 0 Å². The number of nitrogens with two attached hydrogens (primary N) is 1. The van der Waals surface area contributed by atoms with Crippen LogP contribution in [0, 0.1) is 3.57 Å². The Morgan fingerprint density at radius 2 is 2.00 bits per heavy atom. The van der Waals surface area contributed by atoms with Crippen LogP contribution >= 0.6 is 22.6 Å². The fourth-order valence-electron chi connectivity index (χ4n) is 1.13. The number of rotatable bonds is 3. The number of hydrogen-bond acceptors (Lipinski definition) is 1. The molecule has 0 spiro atoms. The largest absolute Gasteiger partial charge is 0.330 e. The van der Waals surface area contributed by atoms with Crippen molar-refractivity contribution in [2.24, 2.45) is 5.73 Å². The average molecular weight is 287 g/mol. The van der Waals surface area contributed by atoms with Crippen molar-refractivity contribution < 1.29 is 0 Å². The van der Waals surface area contributed by atoms with Gasteiger partial charge in [-0.3, -0.25) is 0 Å². The molecule has 0 fully saturated rings. The van der Waals surface area contributed by atoms with Gasteiger partial charge in [0.15, 0.2) is 0 Å². The first-order chi connectivity index (χ1) is 6.24. The lowest BCUT2D eigenvalue weighted by atomic mass is 10.1. The number of hydrogen-bond donors (Lipinski definition) is 1. The SMILES string of the molecule is C/C(=C/CCN)c1ccc(I)cc1. The quantitative estimate of drug-likeness (QED) is 0.850. The second-order valence-electron chi connectivity index (χ2n) is 2.97. The molecule has 0 saturated carbocycles. The van der Waals surface area contributed by atoms with Crippen molar-refractivity contribution in [2.75, 3.05) is 6.54 Å². The van der Waals surface area contributed by atoms with E-state index in [0.29, 0.717) is 0 Å². The molecule has 70 valence electrons. The molecule has 0 bridgehead atoms. The molecule has 1 nitrogen and oxygen atoms in total. The Hall–Kier alpha value is -0.350. The standard InChI is InChI=1S/C11H14IN/c1-9(3-2-8-13)10-4-6-11(12)7-5-10/h3-7H,2,8,13H2,1H3/b9-3-. The van der Waals surface area contributed by atoms with Crippen molar-refractivity contribution in [3.8, 4) is 0 Å². The van der Waals surface area contributed by atoms with Gasteiger partial charge in [0.1, 0.15) is 0 Å². The second-order valence-corrected chi connectivity index (χ2v) is 4.22. The Morgan fingerprint density at radius 1 is 1.38 bits per heavy atom. The number of allylic oxidation sites excluding steroid dienone is 1. The fraction of sp³-hybridized carbons (Fsp3) is 0.273. The lowest BCUT2D eigenvalue weighted by molar-refractivity contribution is 1.01. The molecule has 0 amide bonds. The van der Waals surface area contributed by atoms with E-state index < -0.39 is 0 Å². The van der Waals surface area contributed by atoms with Gasteiger partial charge >= 0.3 is 0 Å². The van der Waals surface area contributed by atoms with Crippen LogP contribution < -0.4 is 5.73 Å². The fourth-order valence-corrected chi connectivity index (χ4v) is 1.49. The van der Waals surface area contributed by atoms with Crippen molar-refractivity contribution in [2.45, 2.75) is 13.3 Å². The molecule has 13 heavy (non-hydrogen) atoms. The first-order valence-electron chi connectivity index (χ1n) is 4.37. The van der Waals surface area contributed by atoms with Gasteiger partial charge in [-0.05, 0) is 65.7 Å². The van der Waals surface area contributed by atoms with E-state index in [-0.39, 0.29) is 0 Å². The lowest BCUT2D eigenvalue weighted by Gasteiger charge is -2.01. The molecule has 0 radical (unpaired) electrons. The first-order valence-corrected chi connectivity index (χ1v) is 5.44. The van der Waals surface area contributed by atoms with Crippen LogP contribution in [0.2, 0.25) is 0 Å². The van der Waals surface area contributed by atoms with E-state index in [4.69, 9.17) is 5.73 Å². The molecule has 0 aromatic heterocycles. The van der Waals surface area contributed by atoms with Crippen molar-refractivity contribution >= 4 is 28.2 Å². The highest BCUT2D eigenvalue weighted by Crippen LogP contribution is 2.15. The molecule has 2 N–H and O–H groups in total. The van der Waals surface area contributed by atoms with Gasteiger partial charge in [0, 0.05) is 3.57 Å². The molecule has 0 saturated heterocycles. The van der Waals surface area contributed by atoms with Crippen LogP contribution in [0.25, 0.3) is 5.57 Å². The van der Waals surface area contributed by atoms with E-state index in [1.54, 1.807) is 0 Å². The highest BCUT2D eigenvalue weighted by Gasteiger charge is 1.93. The topological polar surface area (TPSA) is 26.0 Å². The summed E-state index contributed by atoms with van der Waals surface area (Å²) in [7, 11) is 0. The molecule has 1 aromatic carbocycles. The molecule has 0 heterocycles. The molecule has 1 rings (SSSR count). The van der Waals surface area contributed by atoms with Crippen molar-refractivity contribution in [3.05, 3.63) is 39.5 Å². The van der Waals surface area contributed by atoms with Gasteiger partial charge in [0.25, 0.3) is 0 Å². The lowest BCUT2D eigenvalue weighted by Crippen LogP contribution is -1.95. The van der Waals surface area contributed by atoms with Crippen molar-refractivity contribution in [1.29, 1.82) is 0 Å². The van der Waals surface area contributed by atoms with E-state index >= 15 is 0 Å². The minimum atomic E-state index is 0.724. The molecule has 0 atom stereocenters. The Balaban J connectivity index is 2.77. The normalized spacial score (nSPS) is 11.8. The first kappa shape index (κ1) is 10.7. The zero-order chi connectivity index (χ0) is 9.68. The Bertz CT molecular complexity index is 287. The van der Waals surface area contributed by atoms with Gasteiger partial charge in [0.05, 0.1) is 0 Å². The zero-order valence-electron chi connectivity index (χ0n) is 7.76. The summed E-state index contributed by atoms with van der Waals surface area (Å²) in [5, 5.41) is 0. The van der Waals surface area contributed by atoms with Crippen LogP contribution in [0.15, 0.2) is 30.3 Å². The monoisotopic (exact) mass is 287 g/mol.